The third-order valence-corrected chi connectivity index (χ3v) is 8.15. The molecule has 0 saturated heterocycles. The van der Waals surface area contributed by atoms with E-state index in [4.69, 9.17) is 15.5 Å². The molecule has 2 aromatic heterocycles. The van der Waals surface area contributed by atoms with Crippen molar-refractivity contribution in [3.05, 3.63) is 61.7 Å². The number of hydrogen-bond acceptors (Lipinski definition) is 7. The van der Waals surface area contributed by atoms with Crippen molar-refractivity contribution < 1.29 is 19.0 Å². The molecule has 0 unspecified atom stereocenters. The lowest BCUT2D eigenvalue weighted by atomic mass is 9.81. The van der Waals surface area contributed by atoms with Gasteiger partial charge in [-0.05, 0) is 68.5 Å². The lowest BCUT2D eigenvalue weighted by Crippen LogP contribution is -2.44. The molecule has 188 valence electrons. The van der Waals surface area contributed by atoms with E-state index in [2.05, 4.69) is 5.32 Å². The van der Waals surface area contributed by atoms with Crippen molar-refractivity contribution in [1.82, 2.24) is 14.9 Å². The number of cyclic esters (lactones) is 1. The minimum absolute atomic E-state index is 0.0188. The third kappa shape index (κ3) is 3.06. The van der Waals surface area contributed by atoms with Crippen LogP contribution in [0.5, 0.6) is 0 Å². The number of hydrogen-bond donors (Lipinski definition) is 3. The van der Waals surface area contributed by atoms with Gasteiger partial charge in [-0.3, -0.25) is 4.79 Å². The van der Waals surface area contributed by atoms with E-state index in [1.165, 1.54) is 6.07 Å². The zero-order valence-corrected chi connectivity index (χ0v) is 20.4. The normalized spacial score (nSPS) is 21.8. The Labute approximate surface area is 207 Å². The first kappa shape index (κ1) is 23.3. The van der Waals surface area contributed by atoms with Crippen molar-refractivity contribution in [2.75, 3.05) is 13.1 Å². The van der Waals surface area contributed by atoms with Crippen LogP contribution in [0.3, 0.4) is 0 Å². The summed E-state index contributed by atoms with van der Waals surface area (Å²) in [5.41, 5.74) is 9.34. The highest BCUT2D eigenvalue weighted by molar-refractivity contribution is 5.93. The van der Waals surface area contributed by atoms with Crippen molar-refractivity contribution in [3.8, 4) is 11.4 Å². The summed E-state index contributed by atoms with van der Waals surface area (Å²) in [5.74, 6) is -1.05. The van der Waals surface area contributed by atoms with Gasteiger partial charge in [-0.15, -0.1) is 0 Å². The molecule has 4 heterocycles. The molecule has 2 atom stereocenters. The first-order chi connectivity index (χ1) is 17.3. The number of nitrogens with zero attached hydrogens (tertiary/aromatic N) is 2. The van der Waals surface area contributed by atoms with E-state index >= 15 is 0 Å². The number of rotatable bonds is 5. The molecule has 0 fully saturated rings. The smallest absolute Gasteiger partial charge is 0.343 e. The van der Waals surface area contributed by atoms with Gasteiger partial charge in [0.2, 0.25) is 0 Å². The summed E-state index contributed by atoms with van der Waals surface area (Å²) >= 11 is 0. The predicted molar refractivity (Wildman–Crippen MR) is 132 cm³/mol. The van der Waals surface area contributed by atoms with Gasteiger partial charge in [-0.2, -0.15) is 0 Å². The average molecular weight is 493 g/mol. The SMILES string of the molecule is CC[C@@]1(O)C(=O)OCc2c1cc1n(c2=O)Cc2c-1nc1cc(F)c(C)c3c1c2[C@@H](NCCCN)CC3. The molecule has 0 spiro atoms. The monoisotopic (exact) mass is 492 g/mol. The molecule has 9 heteroatoms. The van der Waals surface area contributed by atoms with Gasteiger partial charge < -0.3 is 25.5 Å². The summed E-state index contributed by atoms with van der Waals surface area (Å²) in [7, 11) is 0. The van der Waals surface area contributed by atoms with Crippen LogP contribution in [0.1, 0.15) is 65.6 Å². The van der Waals surface area contributed by atoms with Gasteiger partial charge in [0.05, 0.1) is 29.0 Å². The number of nitrogens with one attached hydrogen (secondary N) is 1. The number of benzene rings is 1. The Morgan fingerprint density at radius 1 is 1.31 bits per heavy atom. The van der Waals surface area contributed by atoms with Gasteiger partial charge in [0.25, 0.3) is 5.56 Å². The van der Waals surface area contributed by atoms with Crippen LogP contribution in [0.15, 0.2) is 16.9 Å². The number of nitrogens with two attached hydrogens (primary N) is 1. The van der Waals surface area contributed by atoms with E-state index in [9.17, 15) is 19.1 Å². The van der Waals surface area contributed by atoms with Crippen LogP contribution in [-0.2, 0) is 34.7 Å². The maximum Gasteiger partial charge on any atom is 0.343 e. The van der Waals surface area contributed by atoms with Crippen molar-refractivity contribution in [2.45, 2.75) is 64.3 Å². The van der Waals surface area contributed by atoms with Gasteiger partial charge >= 0.3 is 5.97 Å². The lowest BCUT2D eigenvalue weighted by molar-refractivity contribution is -0.172. The number of esters is 1. The number of aryl methyl sites for hydroxylation is 1. The number of carbonyl (C=O) groups is 1. The highest BCUT2D eigenvalue weighted by Crippen LogP contribution is 2.45. The van der Waals surface area contributed by atoms with Crippen LogP contribution in [-0.4, -0.2) is 33.7 Å². The molecule has 0 saturated carbocycles. The standard InChI is InChI=1S/C27H29FN4O4/c1-3-27(35)17-9-21-24-15(11-32(21)25(33)16(17)12-36-26(27)34)23-19(30-8-4-7-29)6-5-14-13(2)18(28)10-20(31-24)22(14)23/h9-10,19,30,35H,3-8,11-12,29H2,1-2H3/t19-,27-/m0/s1. The second-order valence-electron chi connectivity index (χ2n) is 10.00. The zero-order valence-electron chi connectivity index (χ0n) is 20.4. The summed E-state index contributed by atoms with van der Waals surface area (Å²) in [4.78, 5) is 30.9. The van der Waals surface area contributed by atoms with Crippen molar-refractivity contribution >= 4 is 16.9 Å². The largest absolute Gasteiger partial charge is 0.458 e. The fraction of sp³-hybridized carbons (Fsp3) is 0.444. The predicted octanol–water partition coefficient (Wildman–Crippen LogP) is 2.45. The fourth-order valence-electron chi connectivity index (χ4n) is 6.14. The minimum Gasteiger partial charge on any atom is -0.458 e. The molecule has 3 aromatic rings. The van der Waals surface area contributed by atoms with Gasteiger partial charge in [0.1, 0.15) is 12.4 Å². The molecule has 2 aliphatic heterocycles. The van der Waals surface area contributed by atoms with Gasteiger partial charge in [0.15, 0.2) is 5.60 Å². The van der Waals surface area contributed by atoms with Crippen molar-refractivity contribution in [1.29, 1.82) is 0 Å². The second kappa shape index (κ2) is 8.19. The first-order valence-corrected chi connectivity index (χ1v) is 12.5. The van der Waals surface area contributed by atoms with Crippen LogP contribution in [0.4, 0.5) is 4.39 Å². The summed E-state index contributed by atoms with van der Waals surface area (Å²) in [6.45, 7) is 4.95. The minimum atomic E-state index is -1.89. The number of ether oxygens (including phenoxy) is 1. The number of carbonyl (C=O) groups excluding carboxylic acids is 1. The van der Waals surface area contributed by atoms with E-state index in [-0.39, 0.29) is 41.6 Å². The van der Waals surface area contributed by atoms with E-state index < -0.39 is 11.6 Å². The molecule has 8 nitrogen and oxygen atoms in total. The van der Waals surface area contributed by atoms with Crippen LogP contribution >= 0.6 is 0 Å². The van der Waals surface area contributed by atoms with Crippen LogP contribution in [0, 0.1) is 12.7 Å². The Morgan fingerprint density at radius 3 is 2.86 bits per heavy atom. The molecular formula is C27H29FN4O4. The number of aromatic nitrogens is 2. The van der Waals surface area contributed by atoms with E-state index in [0.717, 1.165) is 47.9 Å². The van der Waals surface area contributed by atoms with Crippen LogP contribution < -0.4 is 16.6 Å². The van der Waals surface area contributed by atoms with Crippen molar-refractivity contribution in [2.24, 2.45) is 5.73 Å². The second-order valence-corrected chi connectivity index (χ2v) is 10.00. The summed E-state index contributed by atoms with van der Waals surface area (Å²) in [5, 5.41) is 15.7. The third-order valence-electron chi connectivity index (χ3n) is 8.15. The summed E-state index contributed by atoms with van der Waals surface area (Å²) in [6, 6.07) is 3.19. The Kier molecular flexibility index (Phi) is 5.30. The maximum absolute atomic E-state index is 14.9. The van der Waals surface area contributed by atoms with E-state index in [1.807, 2.05) is 0 Å². The number of pyridine rings is 2. The number of aliphatic hydroxyl groups is 1. The lowest BCUT2D eigenvalue weighted by Gasteiger charge is -2.31. The summed E-state index contributed by atoms with van der Waals surface area (Å²) in [6.07, 6.45) is 2.44. The highest BCUT2D eigenvalue weighted by Gasteiger charge is 2.45. The fourth-order valence-corrected chi connectivity index (χ4v) is 6.14. The quantitative estimate of drug-likeness (QED) is 0.289. The average Bonchev–Trinajstić information content (AvgIpc) is 3.24. The maximum atomic E-state index is 14.9. The number of fused-ring (bicyclic) bond motifs is 5. The van der Waals surface area contributed by atoms with Crippen LogP contribution in [0.25, 0.3) is 22.3 Å². The van der Waals surface area contributed by atoms with Crippen LogP contribution in [0.2, 0.25) is 0 Å². The molecule has 3 aliphatic rings. The first-order valence-electron chi connectivity index (χ1n) is 12.5. The van der Waals surface area contributed by atoms with E-state index in [1.54, 1.807) is 24.5 Å². The Balaban J connectivity index is 1.63. The Hall–Kier alpha value is -3.14. The number of halogens is 1. The van der Waals surface area contributed by atoms with Gasteiger partial charge in [0, 0.05) is 28.6 Å². The summed E-state index contributed by atoms with van der Waals surface area (Å²) < 4.78 is 21.7. The molecule has 0 radical (unpaired) electrons. The van der Waals surface area contributed by atoms with Gasteiger partial charge in [-0.1, -0.05) is 6.92 Å². The molecule has 1 aromatic carbocycles. The van der Waals surface area contributed by atoms with Gasteiger partial charge in [-0.25, -0.2) is 14.2 Å². The Bertz CT molecular complexity index is 1510. The molecule has 36 heavy (non-hydrogen) atoms. The Morgan fingerprint density at radius 2 is 2.11 bits per heavy atom. The molecule has 4 N–H and O–H groups in total. The zero-order chi connectivity index (χ0) is 25.4. The molecule has 1 aliphatic carbocycles. The molecular weight excluding hydrogens is 463 g/mol. The van der Waals surface area contributed by atoms with E-state index in [0.29, 0.717) is 35.6 Å². The topological polar surface area (TPSA) is 119 Å². The van der Waals surface area contributed by atoms with Crippen molar-refractivity contribution in [3.63, 3.8) is 0 Å². The molecule has 6 rings (SSSR count). The highest BCUT2D eigenvalue weighted by atomic mass is 19.1. The molecule has 0 bridgehead atoms. The molecule has 0 amide bonds.